The number of aromatic nitrogens is 2. The van der Waals surface area contributed by atoms with Crippen LogP contribution in [-0.2, 0) is 6.42 Å². The van der Waals surface area contributed by atoms with Gasteiger partial charge >= 0.3 is 0 Å². The molecular weight excluding hydrogens is 332 g/mol. The maximum atomic E-state index is 12.6. The van der Waals surface area contributed by atoms with E-state index in [0.29, 0.717) is 29.0 Å². The first-order chi connectivity index (χ1) is 12.4. The SMILES string of the molecule is Cc1occc1C(=O)N1CC2(CC(c3nnc(CC(C)C)o3)N(C)C2)C1. The topological polar surface area (TPSA) is 75.6 Å². The third kappa shape index (κ3) is 2.94. The molecule has 1 amide bonds. The van der Waals surface area contributed by atoms with E-state index in [1.165, 1.54) is 0 Å². The van der Waals surface area contributed by atoms with Crippen LogP contribution in [0.1, 0.15) is 54.2 Å². The van der Waals surface area contributed by atoms with Crippen LogP contribution < -0.4 is 0 Å². The standard InChI is InChI=1S/C19H26N4O3/c1-12(2)7-16-20-21-17(26-16)15-8-19(9-22(15)4)10-23(11-19)18(24)14-5-6-25-13(14)3/h5-6,12,15H,7-11H2,1-4H3. The summed E-state index contributed by atoms with van der Waals surface area (Å²) in [6.07, 6.45) is 3.32. The van der Waals surface area contributed by atoms with Gasteiger partial charge in [0.1, 0.15) is 5.76 Å². The largest absolute Gasteiger partial charge is 0.469 e. The highest BCUT2D eigenvalue weighted by Gasteiger charge is 2.53. The van der Waals surface area contributed by atoms with Crippen molar-refractivity contribution in [3.63, 3.8) is 0 Å². The quantitative estimate of drug-likeness (QED) is 0.836. The number of hydrogen-bond donors (Lipinski definition) is 0. The van der Waals surface area contributed by atoms with Crippen LogP contribution in [0, 0.1) is 18.3 Å². The Labute approximate surface area is 153 Å². The highest BCUT2D eigenvalue weighted by atomic mass is 16.4. The van der Waals surface area contributed by atoms with Crippen molar-refractivity contribution in [1.29, 1.82) is 0 Å². The van der Waals surface area contributed by atoms with E-state index in [0.717, 1.165) is 32.5 Å². The third-order valence-corrected chi connectivity index (χ3v) is 5.52. The normalized spacial score (nSPS) is 22.3. The van der Waals surface area contributed by atoms with Gasteiger partial charge in [-0.05, 0) is 32.4 Å². The second kappa shape index (κ2) is 6.23. The summed E-state index contributed by atoms with van der Waals surface area (Å²) in [7, 11) is 2.09. The number of carbonyl (C=O) groups is 1. The number of carbonyl (C=O) groups excluding carboxylic acids is 1. The summed E-state index contributed by atoms with van der Waals surface area (Å²) in [6.45, 7) is 8.58. The summed E-state index contributed by atoms with van der Waals surface area (Å²) in [5.74, 6) is 2.65. The van der Waals surface area contributed by atoms with E-state index in [1.807, 2.05) is 11.8 Å². The van der Waals surface area contributed by atoms with Crippen molar-refractivity contribution in [2.24, 2.45) is 11.3 Å². The van der Waals surface area contributed by atoms with Gasteiger partial charge in [-0.3, -0.25) is 9.69 Å². The van der Waals surface area contributed by atoms with Gasteiger partial charge in [0.25, 0.3) is 5.91 Å². The van der Waals surface area contributed by atoms with Crippen LogP contribution in [0.5, 0.6) is 0 Å². The molecule has 2 saturated heterocycles. The number of aryl methyl sites for hydroxylation is 1. The fourth-order valence-corrected chi connectivity index (χ4v) is 4.29. The van der Waals surface area contributed by atoms with Gasteiger partial charge in [0.15, 0.2) is 0 Å². The summed E-state index contributed by atoms with van der Waals surface area (Å²) in [5.41, 5.74) is 0.789. The van der Waals surface area contributed by atoms with Crippen LogP contribution in [0.25, 0.3) is 0 Å². The lowest BCUT2D eigenvalue weighted by atomic mass is 9.77. The predicted molar refractivity (Wildman–Crippen MR) is 94.6 cm³/mol. The fourth-order valence-electron chi connectivity index (χ4n) is 4.29. The fraction of sp³-hybridized carbons (Fsp3) is 0.632. The van der Waals surface area contributed by atoms with Crippen molar-refractivity contribution in [1.82, 2.24) is 20.0 Å². The molecule has 0 saturated carbocycles. The maximum Gasteiger partial charge on any atom is 0.257 e. The predicted octanol–water partition coefficient (Wildman–Crippen LogP) is 2.69. The first-order valence-electron chi connectivity index (χ1n) is 9.23. The first kappa shape index (κ1) is 17.3. The summed E-state index contributed by atoms with van der Waals surface area (Å²) in [5, 5.41) is 8.48. The molecule has 2 aromatic rings. The Morgan fingerprint density at radius 2 is 2.12 bits per heavy atom. The molecule has 0 aliphatic carbocycles. The number of rotatable bonds is 4. The second-order valence-electron chi connectivity index (χ2n) is 8.32. The Kier molecular flexibility index (Phi) is 4.14. The zero-order valence-corrected chi connectivity index (χ0v) is 15.9. The van der Waals surface area contributed by atoms with Gasteiger partial charge in [0.2, 0.25) is 11.8 Å². The second-order valence-corrected chi connectivity index (χ2v) is 8.32. The third-order valence-electron chi connectivity index (χ3n) is 5.52. The van der Waals surface area contributed by atoms with Gasteiger partial charge in [0.05, 0.1) is 17.9 Å². The van der Waals surface area contributed by atoms with Crippen molar-refractivity contribution in [2.45, 2.75) is 39.7 Å². The number of furan rings is 1. The van der Waals surface area contributed by atoms with Crippen molar-refractivity contribution >= 4 is 5.91 Å². The van der Waals surface area contributed by atoms with Crippen molar-refractivity contribution in [3.05, 3.63) is 35.4 Å². The van der Waals surface area contributed by atoms with Crippen molar-refractivity contribution in [3.8, 4) is 0 Å². The molecule has 0 N–H and O–H groups in total. The summed E-state index contributed by atoms with van der Waals surface area (Å²) >= 11 is 0. The molecule has 1 atom stereocenters. The number of likely N-dealkylation sites (tertiary alicyclic amines) is 2. The molecule has 4 rings (SSSR count). The van der Waals surface area contributed by atoms with Crippen LogP contribution in [-0.4, -0.2) is 52.6 Å². The molecule has 0 radical (unpaired) electrons. The minimum absolute atomic E-state index is 0.0602. The maximum absolute atomic E-state index is 12.6. The van der Waals surface area contributed by atoms with Crippen LogP contribution in [0.15, 0.2) is 21.2 Å². The Bertz CT molecular complexity index is 803. The van der Waals surface area contributed by atoms with E-state index >= 15 is 0 Å². The molecule has 2 aliphatic rings. The van der Waals surface area contributed by atoms with Crippen molar-refractivity contribution < 1.29 is 13.6 Å². The van der Waals surface area contributed by atoms with E-state index in [-0.39, 0.29) is 17.4 Å². The zero-order valence-electron chi connectivity index (χ0n) is 15.9. The molecule has 26 heavy (non-hydrogen) atoms. The monoisotopic (exact) mass is 358 g/mol. The minimum atomic E-state index is 0.0602. The molecule has 0 bridgehead atoms. The molecule has 1 unspecified atom stereocenters. The van der Waals surface area contributed by atoms with E-state index in [1.54, 1.807) is 12.3 Å². The number of nitrogens with zero attached hydrogens (tertiary/aromatic N) is 4. The molecule has 7 heteroatoms. The average molecular weight is 358 g/mol. The lowest BCUT2D eigenvalue weighted by molar-refractivity contribution is 0.0113. The van der Waals surface area contributed by atoms with E-state index in [9.17, 15) is 4.79 Å². The van der Waals surface area contributed by atoms with Gasteiger partial charge < -0.3 is 13.7 Å². The summed E-state index contributed by atoms with van der Waals surface area (Å²) < 4.78 is 11.2. The van der Waals surface area contributed by atoms with Gasteiger partial charge in [0, 0.05) is 31.5 Å². The van der Waals surface area contributed by atoms with Crippen LogP contribution in [0.3, 0.4) is 0 Å². The Balaban J connectivity index is 1.41. The smallest absolute Gasteiger partial charge is 0.257 e. The molecule has 4 heterocycles. The van der Waals surface area contributed by atoms with Crippen LogP contribution in [0.4, 0.5) is 0 Å². The van der Waals surface area contributed by atoms with Crippen LogP contribution >= 0.6 is 0 Å². The molecular formula is C19H26N4O3. The number of amides is 1. The van der Waals surface area contributed by atoms with Gasteiger partial charge in [-0.1, -0.05) is 13.8 Å². The number of hydrogen-bond acceptors (Lipinski definition) is 6. The minimum Gasteiger partial charge on any atom is -0.469 e. The molecule has 0 aromatic carbocycles. The highest BCUT2D eigenvalue weighted by molar-refractivity contribution is 5.95. The lowest BCUT2D eigenvalue weighted by Crippen LogP contribution is -2.59. The van der Waals surface area contributed by atoms with Gasteiger partial charge in [-0.15, -0.1) is 10.2 Å². The van der Waals surface area contributed by atoms with Gasteiger partial charge in [-0.25, -0.2) is 0 Å². The summed E-state index contributed by atoms with van der Waals surface area (Å²) in [6, 6.07) is 1.89. The molecule has 2 aliphatic heterocycles. The zero-order chi connectivity index (χ0) is 18.5. The Morgan fingerprint density at radius 1 is 1.35 bits per heavy atom. The van der Waals surface area contributed by atoms with Crippen LogP contribution in [0.2, 0.25) is 0 Å². The van der Waals surface area contributed by atoms with E-state index in [4.69, 9.17) is 8.83 Å². The van der Waals surface area contributed by atoms with Crippen molar-refractivity contribution in [2.75, 3.05) is 26.7 Å². The lowest BCUT2D eigenvalue weighted by Gasteiger charge is -2.48. The van der Waals surface area contributed by atoms with Gasteiger partial charge in [-0.2, -0.15) is 0 Å². The van der Waals surface area contributed by atoms with E-state index < -0.39 is 0 Å². The van der Waals surface area contributed by atoms with E-state index in [2.05, 4.69) is 36.0 Å². The molecule has 1 spiro atoms. The summed E-state index contributed by atoms with van der Waals surface area (Å²) in [4.78, 5) is 16.8. The molecule has 7 nitrogen and oxygen atoms in total. The highest BCUT2D eigenvalue weighted by Crippen LogP contribution is 2.47. The average Bonchev–Trinajstić information content (AvgIpc) is 3.23. The molecule has 2 aromatic heterocycles. The Hall–Kier alpha value is -2.15. The molecule has 140 valence electrons. The Morgan fingerprint density at radius 3 is 2.77 bits per heavy atom. The molecule has 2 fully saturated rings. The first-order valence-corrected chi connectivity index (χ1v) is 9.23.